The van der Waals surface area contributed by atoms with Gasteiger partial charge in [0.2, 0.25) is 5.65 Å². The lowest BCUT2D eigenvalue weighted by Crippen LogP contribution is -2.62. The molecule has 0 spiro atoms. The first-order chi connectivity index (χ1) is 10.1. The van der Waals surface area contributed by atoms with Gasteiger partial charge < -0.3 is 15.2 Å². The monoisotopic (exact) mass is 288 g/mol. The van der Waals surface area contributed by atoms with Gasteiger partial charge >= 0.3 is 5.82 Å². The van der Waals surface area contributed by atoms with Crippen LogP contribution >= 0.6 is 0 Å². The van der Waals surface area contributed by atoms with Crippen molar-refractivity contribution in [3.63, 3.8) is 0 Å². The maximum absolute atomic E-state index is 11.3. The van der Waals surface area contributed by atoms with Crippen LogP contribution in [0.15, 0.2) is 24.4 Å². The summed E-state index contributed by atoms with van der Waals surface area (Å²) in [5.41, 5.74) is 0.467. The summed E-state index contributed by atoms with van der Waals surface area (Å²) in [4.78, 5) is 17.3. The Morgan fingerprint density at radius 1 is 1.43 bits per heavy atom. The predicted molar refractivity (Wildman–Crippen MR) is 74.8 cm³/mol. The first-order valence-corrected chi connectivity index (χ1v) is 7.12. The van der Waals surface area contributed by atoms with Crippen LogP contribution in [0.25, 0.3) is 5.65 Å². The number of nitrogens with zero attached hydrogens (tertiary/aromatic N) is 4. The zero-order valence-corrected chi connectivity index (χ0v) is 11.5. The van der Waals surface area contributed by atoms with Crippen LogP contribution in [-0.4, -0.2) is 43.0 Å². The summed E-state index contributed by atoms with van der Waals surface area (Å²) < 4.78 is 1.50. The van der Waals surface area contributed by atoms with Crippen molar-refractivity contribution in [2.24, 2.45) is 5.92 Å². The summed E-state index contributed by atoms with van der Waals surface area (Å²) in [6.07, 6.45) is 3.85. The van der Waals surface area contributed by atoms with Gasteiger partial charge in [-0.2, -0.15) is 4.40 Å². The first kappa shape index (κ1) is 12.7. The van der Waals surface area contributed by atoms with Gasteiger partial charge in [-0.3, -0.25) is 4.90 Å². The highest BCUT2D eigenvalue weighted by Crippen LogP contribution is 2.45. The maximum Gasteiger partial charge on any atom is 0.352 e. The average Bonchev–Trinajstić information content (AvgIpc) is 3.18. The second kappa shape index (κ2) is 4.25. The van der Waals surface area contributed by atoms with Crippen molar-refractivity contribution in [1.29, 1.82) is 0 Å². The van der Waals surface area contributed by atoms with Gasteiger partial charge in [0.05, 0.1) is 11.8 Å². The van der Waals surface area contributed by atoms with Crippen LogP contribution in [0.2, 0.25) is 0 Å². The molecule has 0 bridgehead atoms. The number of β-amino-alcohol motifs (C(OH)–C–C–N with tert-alkyl or cyclic N) is 1. The molecule has 2 fully saturated rings. The summed E-state index contributed by atoms with van der Waals surface area (Å²) in [5.74, 6) is 0.442. The smallest absolute Gasteiger partial charge is 0.352 e. The molecule has 1 aliphatic heterocycles. The number of imidazole rings is 1. The normalized spacial score (nSPS) is 21.4. The highest BCUT2D eigenvalue weighted by Gasteiger charge is 2.52. The number of hydrogen-bond donors (Lipinski definition) is 1. The SMILES string of the molecule is O=[N+]([O-])c1c(CN2CC(O)(C3CC3)C2)nc2ccccn12. The average molecular weight is 288 g/mol. The van der Waals surface area contributed by atoms with Gasteiger partial charge in [0.25, 0.3) is 0 Å². The molecular formula is C14H16N4O3. The van der Waals surface area contributed by atoms with E-state index < -0.39 is 5.60 Å². The Bertz CT molecular complexity index is 716. The quantitative estimate of drug-likeness (QED) is 0.675. The molecule has 2 aromatic rings. The van der Waals surface area contributed by atoms with Crippen molar-refractivity contribution in [2.75, 3.05) is 13.1 Å². The number of aromatic nitrogens is 2. The molecule has 3 heterocycles. The molecule has 1 N–H and O–H groups in total. The van der Waals surface area contributed by atoms with Crippen molar-refractivity contribution in [3.05, 3.63) is 40.2 Å². The lowest BCUT2D eigenvalue weighted by molar-refractivity contribution is -0.391. The van der Waals surface area contributed by atoms with Gasteiger partial charge in [0, 0.05) is 25.7 Å². The summed E-state index contributed by atoms with van der Waals surface area (Å²) >= 11 is 0. The minimum absolute atomic E-state index is 0.0208. The summed E-state index contributed by atoms with van der Waals surface area (Å²) in [6.45, 7) is 1.58. The van der Waals surface area contributed by atoms with E-state index in [0.29, 0.717) is 36.9 Å². The zero-order chi connectivity index (χ0) is 14.6. The second-order valence-corrected chi connectivity index (χ2v) is 6.09. The van der Waals surface area contributed by atoms with Crippen LogP contribution in [-0.2, 0) is 6.54 Å². The van der Waals surface area contributed by atoms with Crippen molar-refractivity contribution >= 4 is 11.5 Å². The largest absolute Gasteiger partial charge is 0.387 e. The van der Waals surface area contributed by atoms with Gasteiger partial charge in [-0.05, 0) is 29.7 Å². The molecule has 7 heteroatoms. The predicted octanol–water partition coefficient (Wildman–Crippen LogP) is 1.20. The van der Waals surface area contributed by atoms with E-state index in [1.54, 1.807) is 18.3 Å². The third kappa shape index (κ3) is 2.00. The van der Waals surface area contributed by atoms with E-state index >= 15 is 0 Å². The Morgan fingerprint density at radius 2 is 2.19 bits per heavy atom. The Morgan fingerprint density at radius 3 is 2.86 bits per heavy atom. The molecule has 4 rings (SSSR count). The minimum Gasteiger partial charge on any atom is -0.387 e. The molecule has 0 amide bonds. The van der Waals surface area contributed by atoms with Crippen molar-refractivity contribution in [3.8, 4) is 0 Å². The molecular weight excluding hydrogens is 272 g/mol. The molecule has 2 aliphatic rings. The molecule has 7 nitrogen and oxygen atoms in total. The van der Waals surface area contributed by atoms with Crippen molar-refractivity contribution in [2.45, 2.75) is 25.0 Å². The Kier molecular flexibility index (Phi) is 2.58. The Hall–Kier alpha value is -1.99. The van der Waals surface area contributed by atoms with Gasteiger partial charge in [-0.15, -0.1) is 0 Å². The van der Waals surface area contributed by atoms with E-state index in [1.807, 2.05) is 11.0 Å². The topological polar surface area (TPSA) is 83.9 Å². The van der Waals surface area contributed by atoms with E-state index in [4.69, 9.17) is 0 Å². The molecule has 21 heavy (non-hydrogen) atoms. The van der Waals surface area contributed by atoms with E-state index in [2.05, 4.69) is 4.98 Å². The molecule has 0 radical (unpaired) electrons. The molecule has 0 aromatic carbocycles. The zero-order valence-electron chi connectivity index (χ0n) is 11.5. The number of hydrogen-bond acceptors (Lipinski definition) is 5. The number of nitro groups is 1. The highest BCUT2D eigenvalue weighted by atomic mass is 16.6. The molecule has 2 aromatic heterocycles. The number of aliphatic hydroxyl groups is 1. The molecule has 1 aliphatic carbocycles. The standard InChI is InChI=1S/C14H16N4O3/c19-14(10-4-5-10)8-16(9-14)7-11-13(18(20)21)17-6-2-1-3-12(17)15-11/h1-3,6,10,19H,4-5,7-9H2. The number of likely N-dealkylation sites (tertiary alicyclic amines) is 1. The fourth-order valence-electron chi connectivity index (χ4n) is 3.26. The summed E-state index contributed by atoms with van der Waals surface area (Å²) in [5, 5.41) is 21.6. The second-order valence-electron chi connectivity index (χ2n) is 6.09. The molecule has 0 unspecified atom stereocenters. The maximum atomic E-state index is 11.3. The molecule has 1 saturated carbocycles. The van der Waals surface area contributed by atoms with Gasteiger partial charge in [-0.1, -0.05) is 6.07 Å². The minimum atomic E-state index is -0.575. The van der Waals surface area contributed by atoms with Crippen molar-refractivity contribution in [1.82, 2.24) is 14.3 Å². The van der Waals surface area contributed by atoms with Crippen LogP contribution in [0.3, 0.4) is 0 Å². The summed E-state index contributed by atoms with van der Waals surface area (Å²) in [7, 11) is 0. The molecule has 0 atom stereocenters. The summed E-state index contributed by atoms with van der Waals surface area (Å²) in [6, 6.07) is 5.32. The third-order valence-corrected chi connectivity index (χ3v) is 4.45. The lowest BCUT2D eigenvalue weighted by Gasteiger charge is -2.46. The van der Waals surface area contributed by atoms with Crippen LogP contribution in [0.1, 0.15) is 18.5 Å². The van der Waals surface area contributed by atoms with Gasteiger partial charge in [0.1, 0.15) is 0 Å². The first-order valence-electron chi connectivity index (χ1n) is 7.12. The fourth-order valence-corrected chi connectivity index (χ4v) is 3.26. The van der Waals surface area contributed by atoms with E-state index in [1.165, 1.54) is 4.40 Å². The fraction of sp³-hybridized carbons (Fsp3) is 0.500. The van der Waals surface area contributed by atoms with E-state index in [0.717, 1.165) is 12.8 Å². The van der Waals surface area contributed by atoms with Crippen LogP contribution < -0.4 is 0 Å². The van der Waals surface area contributed by atoms with Crippen LogP contribution in [0.4, 0.5) is 5.82 Å². The number of rotatable bonds is 4. The number of pyridine rings is 1. The van der Waals surface area contributed by atoms with Crippen LogP contribution in [0.5, 0.6) is 0 Å². The lowest BCUT2D eigenvalue weighted by atomic mass is 9.88. The Balaban J connectivity index is 1.59. The van der Waals surface area contributed by atoms with E-state index in [9.17, 15) is 15.2 Å². The van der Waals surface area contributed by atoms with Gasteiger partial charge in [0.15, 0.2) is 5.69 Å². The van der Waals surface area contributed by atoms with E-state index in [-0.39, 0.29) is 10.7 Å². The van der Waals surface area contributed by atoms with Crippen molar-refractivity contribution < 1.29 is 10.0 Å². The molecule has 1 saturated heterocycles. The van der Waals surface area contributed by atoms with Gasteiger partial charge in [-0.25, -0.2) is 4.98 Å². The van der Waals surface area contributed by atoms with Crippen LogP contribution in [0, 0.1) is 16.0 Å². The number of fused-ring (bicyclic) bond motifs is 1. The third-order valence-electron chi connectivity index (χ3n) is 4.45. The highest BCUT2D eigenvalue weighted by molar-refractivity contribution is 5.49. The Labute approximate surface area is 121 Å². The molecule has 110 valence electrons.